The van der Waals surface area contributed by atoms with Crippen molar-refractivity contribution in [3.63, 3.8) is 0 Å². The highest BCUT2D eigenvalue weighted by Crippen LogP contribution is 2.41. The zero-order chi connectivity index (χ0) is 20.8. The van der Waals surface area contributed by atoms with E-state index in [4.69, 9.17) is 15.7 Å². The smallest absolute Gasteiger partial charge is 0.255 e. The average Bonchev–Trinajstić information content (AvgIpc) is 3.32. The topological polar surface area (TPSA) is 141 Å². The average molecular weight is 389 g/mol. The first-order valence-electron chi connectivity index (χ1n) is 8.96. The van der Waals surface area contributed by atoms with Gasteiger partial charge in [0.2, 0.25) is 0 Å². The van der Waals surface area contributed by atoms with E-state index < -0.39 is 11.5 Å². The van der Waals surface area contributed by atoms with Crippen LogP contribution in [0, 0.1) is 18.3 Å². The zero-order valence-corrected chi connectivity index (χ0v) is 15.9. The Morgan fingerprint density at radius 3 is 2.90 bits per heavy atom. The first-order valence-corrected chi connectivity index (χ1v) is 8.96. The van der Waals surface area contributed by atoms with Gasteiger partial charge in [-0.2, -0.15) is 5.26 Å². The number of aromatic nitrogens is 3. The molecule has 0 fully saturated rings. The van der Waals surface area contributed by atoms with Gasteiger partial charge in [0.25, 0.3) is 5.91 Å². The number of ether oxygens (including phenoxy) is 1. The summed E-state index contributed by atoms with van der Waals surface area (Å²) < 4.78 is 5.64. The summed E-state index contributed by atoms with van der Waals surface area (Å²) in [6, 6.07) is 10.7. The molecule has 0 bridgehead atoms. The number of nitriles is 1. The molecule has 29 heavy (non-hydrogen) atoms. The van der Waals surface area contributed by atoms with Crippen LogP contribution >= 0.6 is 0 Å². The lowest BCUT2D eigenvalue weighted by Crippen LogP contribution is -2.27. The molecule has 0 aliphatic heterocycles. The fourth-order valence-corrected chi connectivity index (χ4v) is 3.57. The van der Waals surface area contributed by atoms with Crippen LogP contribution in [0.1, 0.15) is 29.4 Å². The third kappa shape index (κ3) is 3.07. The Bertz CT molecular complexity index is 1290. The normalized spacial score (nSPS) is 13.3. The molecule has 1 atom stereocenters. The number of amides is 1. The number of hydrogen-bond acceptors (Lipinski definition) is 5. The number of nitrogens with one attached hydrogen (secondary N) is 2. The third-order valence-electron chi connectivity index (χ3n) is 4.93. The van der Waals surface area contributed by atoms with Crippen molar-refractivity contribution in [1.82, 2.24) is 15.0 Å². The molecule has 0 aliphatic rings. The van der Waals surface area contributed by atoms with Gasteiger partial charge in [-0.25, -0.2) is 4.98 Å². The highest BCUT2D eigenvalue weighted by molar-refractivity contribution is 5.90. The van der Waals surface area contributed by atoms with Gasteiger partial charge in [0.05, 0.1) is 22.7 Å². The Morgan fingerprint density at radius 1 is 1.38 bits per heavy atom. The molecular weight excluding hydrogens is 370 g/mol. The minimum atomic E-state index is -1.58. The van der Waals surface area contributed by atoms with Crippen LogP contribution in [0.3, 0.4) is 0 Å². The van der Waals surface area contributed by atoms with E-state index in [0.717, 1.165) is 16.5 Å². The van der Waals surface area contributed by atoms with Gasteiger partial charge >= 0.3 is 0 Å². The monoisotopic (exact) mass is 389 g/mol. The number of nitrogens with zero attached hydrogens (tertiary/aromatic N) is 2. The molecule has 0 saturated carbocycles. The molecule has 2 heterocycles. The summed E-state index contributed by atoms with van der Waals surface area (Å²) in [4.78, 5) is 22.0. The predicted octanol–water partition coefficient (Wildman–Crippen LogP) is 2.34. The fraction of sp³-hybridized carbons (Fsp3) is 0.190. The molecule has 146 valence electrons. The SMILES string of the molecule is Cc1cc(OCC(N)=O)c(C(C)(O)c2nc3ccc(C#N)cc3[nH]2)c2cc[nH]c12. The van der Waals surface area contributed by atoms with Crippen molar-refractivity contribution in [3.8, 4) is 11.8 Å². The van der Waals surface area contributed by atoms with Gasteiger partial charge in [-0.1, -0.05) is 0 Å². The minimum Gasteiger partial charge on any atom is -0.483 e. The minimum absolute atomic E-state index is 0.290. The van der Waals surface area contributed by atoms with Crippen LogP contribution in [0.5, 0.6) is 5.75 Å². The number of benzene rings is 2. The van der Waals surface area contributed by atoms with E-state index in [1.807, 2.05) is 13.0 Å². The van der Waals surface area contributed by atoms with Crippen molar-refractivity contribution in [2.45, 2.75) is 19.4 Å². The second-order valence-corrected chi connectivity index (χ2v) is 7.09. The molecule has 0 radical (unpaired) electrons. The van der Waals surface area contributed by atoms with E-state index in [9.17, 15) is 9.90 Å². The number of aromatic amines is 2. The Kier molecular flexibility index (Phi) is 4.25. The largest absolute Gasteiger partial charge is 0.483 e. The number of aliphatic hydroxyl groups is 1. The van der Waals surface area contributed by atoms with E-state index in [1.165, 1.54) is 0 Å². The number of H-pyrrole nitrogens is 2. The summed E-state index contributed by atoms with van der Waals surface area (Å²) in [7, 11) is 0. The van der Waals surface area contributed by atoms with Crippen molar-refractivity contribution in [1.29, 1.82) is 5.26 Å². The molecule has 0 aliphatic carbocycles. The summed E-state index contributed by atoms with van der Waals surface area (Å²) in [5.41, 5.74) is 7.61. The maximum absolute atomic E-state index is 11.6. The van der Waals surface area contributed by atoms with Crippen LogP contribution in [0.4, 0.5) is 0 Å². The maximum atomic E-state index is 11.6. The molecule has 4 rings (SSSR count). The van der Waals surface area contributed by atoms with Crippen molar-refractivity contribution in [3.05, 3.63) is 59.0 Å². The predicted molar refractivity (Wildman–Crippen MR) is 107 cm³/mol. The van der Waals surface area contributed by atoms with Gasteiger partial charge < -0.3 is 25.5 Å². The molecule has 0 spiro atoms. The Balaban J connectivity index is 1.93. The molecule has 4 aromatic rings. The molecular formula is C21H19N5O3. The highest BCUT2D eigenvalue weighted by Gasteiger charge is 2.35. The number of primary amides is 1. The quantitative estimate of drug-likeness (QED) is 0.415. The standard InChI is InChI=1S/C21H19N5O3/c1-11-7-16(29-10-17(23)27)18(13-5-6-24-19(11)13)21(2,28)20-25-14-4-3-12(9-22)8-15(14)26-20/h3-8,24,28H,10H2,1-2H3,(H2,23,27)(H,25,26). The molecule has 0 saturated heterocycles. The molecule has 8 heteroatoms. The Labute approximate surface area is 165 Å². The van der Waals surface area contributed by atoms with Crippen LogP contribution in [0.25, 0.3) is 21.9 Å². The van der Waals surface area contributed by atoms with Crippen LogP contribution < -0.4 is 10.5 Å². The van der Waals surface area contributed by atoms with Gasteiger partial charge in [-0.05, 0) is 49.7 Å². The summed E-state index contributed by atoms with van der Waals surface area (Å²) in [6.45, 7) is 3.19. The second-order valence-electron chi connectivity index (χ2n) is 7.09. The number of nitrogens with two attached hydrogens (primary N) is 1. The lowest BCUT2D eigenvalue weighted by Gasteiger charge is -2.25. The van der Waals surface area contributed by atoms with E-state index in [2.05, 4.69) is 21.0 Å². The van der Waals surface area contributed by atoms with Gasteiger partial charge in [0.1, 0.15) is 17.2 Å². The summed E-state index contributed by atoms with van der Waals surface area (Å²) in [5, 5.41) is 21.4. The van der Waals surface area contributed by atoms with E-state index in [-0.39, 0.29) is 12.4 Å². The second kappa shape index (κ2) is 6.65. The van der Waals surface area contributed by atoms with Crippen LogP contribution in [-0.2, 0) is 10.4 Å². The Morgan fingerprint density at radius 2 is 2.17 bits per heavy atom. The van der Waals surface area contributed by atoms with Gasteiger partial charge in [-0.15, -0.1) is 0 Å². The molecule has 2 aromatic carbocycles. The van der Waals surface area contributed by atoms with Crippen molar-refractivity contribution < 1.29 is 14.6 Å². The number of hydrogen-bond donors (Lipinski definition) is 4. The third-order valence-corrected chi connectivity index (χ3v) is 4.93. The van der Waals surface area contributed by atoms with Crippen LogP contribution in [-0.4, -0.2) is 32.6 Å². The highest BCUT2D eigenvalue weighted by atomic mass is 16.5. The molecule has 5 N–H and O–H groups in total. The first-order chi connectivity index (χ1) is 13.8. The van der Waals surface area contributed by atoms with Crippen molar-refractivity contribution in [2.24, 2.45) is 5.73 Å². The lowest BCUT2D eigenvalue weighted by atomic mass is 9.90. The number of aryl methyl sites for hydroxylation is 1. The molecule has 1 unspecified atom stereocenters. The Hall–Kier alpha value is -3.83. The molecule has 2 aromatic heterocycles. The maximum Gasteiger partial charge on any atom is 0.255 e. The molecule has 8 nitrogen and oxygen atoms in total. The number of carbonyl (C=O) groups excluding carboxylic acids is 1. The molecule has 1 amide bonds. The number of fused-ring (bicyclic) bond motifs is 2. The van der Waals surface area contributed by atoms with Gasteiger partial charge in [0.15, 0.2) is 6.61 Å². The van der Waals surface area contributed by atoms with Gasteiger partial charge in [-0.3, -0.25) is 4.79 Å². The van der Waals surface area contributed by atoms with E-state index >= 15 is 0 Å². The van der Waals surface area contributed by atoms with Crippen molar-refractivity contribution in [2.75, 3.05) is 6.61 Å². The first kappa shape index (κ1) is 18.5. The van der Waals surface area contributed by atoms with Crippen LogP contribution in [0.15, 0.2) is 36.5 Å². The summed E-state index contributed by atoms with van der Waals surface area (Å²) in [6.07, 6.45) is 1.77. The van der Waals surface area contributed by atoms with Gasteiger partial charge in [0, 0.05) is 22.7 Å². The van der Waals surface area contributed by atoms with Crippen molar-refractivity contribution >= 4 is 27.8 Å². The number of imidazole rings is 1. The summed E-state index contributed by atoms with van der Waals surface area (Å²) in [5.74, 6) is 0.0182. The van der Waals surface area contributed by atoms with E-state index in [1.54, 1.807) is 37.4 Å². The van der Waals surface area contributed by atoms with E-state index in [0.29, 0.717) is 27.9 Å². The number of carbonyl (C=O) groups is 1. The van der Waals surface area contributed by atoms with Crippen LogP contribution in [0.2, 0.25) is 0 Å². The lowest BCUT2D eigenvalue weighted by molar-refractivity contribution is -0.120. The number of rotatable bonds is 5. The summed E-state index contributed by atoms with van der Waals surface area (Å²) >= 11 is 0. The fourth-order valence-electron chi connectivity index (χ4n) is 3.57. The zero-order valence-electron chi connectivity index (χ0n) is 15.9.